The van der Waals surface area contributed by atoms with Gasteiger partial charge in [-0.15, -0.1) is 23.1 Å². The summed E-state index contributed by atoms with van der Waals surface area (Å²) in [5.41, 5.74) is 6.61. The van der Waals surface area contributed by atoms with Crippen molar-refractivity contribution in [1.29, 1.82) is 0 Å². The molecule has 0 radical (unpaired) electrons. The van der Waals surface area contributed by atoms with Gasteiger partial charge in [-0.05, 0) is 18.6 Å². The van der Waals surface area contributed by atoms with Gasteiger partial charge in [0, 0.05) is 26.7 Å². The van der Waals surface area contributed by atoms with Gasteiger partial charge in [0.2, 0.25) is 0 Å². The second-order valence-corrected chi connectivity index (χ2v) is 6.85. The number of anilines is 2. The first-order chi connectivity index (χ1) is 9.47. The number of carbonyl (C=O) groups is 1. The van der Waals surface area contributed by atoms with Crippen molar-refractivity contribution in [1.82, 2.24) is 0 Å². The van der Waals surface area contributed by atoms with Crippen LogP contribution >= 0.6 is 23.1 Å². The van der Waals surface area contributed by atoms with Crippen LogP contribution in [0.5, 0.6) is 0 Å². The van der Waals surface area contributed by atoms with Crippen molar-refractivity contribution in [2.75, 3.05) is 37.1 Å². The zero-order valence-corrected chi connectivity index (χ0v) is 14.2. The molecule has 1 rings (SSSR count). The molecule has 1 aromatic rings. The van der Waals surface area contributed by atoms with E-state index in [9.17, 15) is 4.79 Å². The number of thiophene rings is 1. The largest absolute Gasteiger partial charge is 0.396 e. The SMILES string of the molecule is CSc1c(NCCCOCC(C)C)sc(C(C)=O)c1N. The number of nitrogen functional groups attached to an aromatic ring is 1. The quantitative estimate of drug-likeness (QED) is 0.413. The van der Waals surface area contributed by atoms with E-state index in [0.717, 1.165) is 36.1 Å². The number of ether oxygens (including phenoxy) is 1. The Hall–Kier alpha value is -0.720. The molecule has 0 aromatic carbocycles. The van der Waals surface area contributed by atoms with Gasteiger partial charge in [0.25, 0.3) is 0 Å². The van der Waals surface area contributed by atoms with Gasteiger partial charge < -0.3 is 15.8 Å². The minimum Gasteiger partial charge on any atom is -0.396 e. The van der Waals surface area contributed by atoms with Crippen LogP contribution in [0.15, 0.2) is 4.90 Å². The number of Topliss-reactive ketones (excluding diaryl/α,β-unsaturated/α-hetero) is 1. The molecule has 0 aliphatic heterocycles. The third-order valence-corrected chi connectivity index (χ3v) is 4.85. The molecule has 0 saturated carbocycles. The van der Waals surface area contributed by atoms with Crippen molar-refractivity contribution < 1.29 is 9.53 Å². The van der Waals surface area contributed by atoms with Crippen molar-refractivity contribution in [2.24, 2.45) is 5.92 Å². The Labute approximate surface area is 129 Å². The molecule has 6 heteroatoms. The average Bonchev–Trinajstić information content (AvgIpc) is 2.69. The Bertz CT molecular complexity index is 445. The molecule has 0 spiro atoms. The second-order valence-electron chi connectivity index (χ2n) is 5.01. The molecule has 4 nitrogen and oxygen atoms in total. The van der Waals surface area contributed by atoms with Gasteiger partial charge in [-0.2, -0.15) is 0 Å². The van der Waals surface area contributed by atoms with E-state index in [4.69, 9.17) is 10.5 Å². The van der Waals surface area contributed by atoms with E-state index >= 15 is 0 Å². The van der Waals surface area contributed by atoms with Gasteiger partial charge in [0.15, 0.2) is 5.78 Å². The molecule has 20 heavy (non-hydrogen) atoms. The molecule has 0 amide bonds. The van der Waals surface area contributed by atoms with Crippen LogP contribution < -0.4 is 11.1 Å². The van der Waals surface area contributed by atoms with Crippen molar-refractivity contribution in [3.63, 3.8) is 0 Å². The highest BCUT2D eigenvalue weighted by atomic mass is 32.2. The van der Waals surface area contributed by atoms with Gasteiger partial charge in [-0.25, -0.2) is 0 Å². The molecular formula is C14H24N2O2S2. The van der Waals surface area contributed by atoms with Gasteiger partial charge in [-0.1, -0.05) is 13.8 Å². The lowest BCUT2D eigenvalue weighted by atomic mass is 10.2. The maximum atomic E-state index is 11.5. The van der Waals surface area contributed by atoms with Crippen LogP contribution in [0.3, 0.4) is 0 Å². The van der Waals surface area contributed by atoms with Crippen LogP contribution in [-0.2, 0) is 4.74 Å². The first kappa shape index (κ1) is 17.3. The molecule has 0 fully saturated rings. The normalized spacial score (nSPS) is 11.1. The van der Waals surface area contributed by atoms with Crippen LogP contribution in [0.25, 0.3) is 0 Å². The predicted molar refractivity (Wildman–Crippen MR) is 89.3 cm³/mol. The predicted octanol–water partition coefficient (Wildman–Crippen LogP) is 3.73. The molecule has 114 valence electrons. The highest BCUT2D eigenvalue weighted by molar-refractivity contribution is 7.99. The molecule has 0 bridgehead atoms. The highest BCUT2D eigenvalue weighted by Gasteiger charge is 2.17. The molecule has 1 heterocycles. The Kier molecular flexibility index (Phi) is 7.40. The van der Waals surface area contributed by atoms with E-state index in [1.54, 1.807) is 18.7 Å². The fraction of sp³-hybridized carbons (Fsp3) is 0.643. The van der Waals surface area contributed by atoms with Crippen LogP contribution in [0.1, 0.15) is 36.9 Å². The van der Waals surface area contributed by atoms with Gasteiger partial charge >= 0.3 is 0 Å². The third kappa shape index (κ3) is 5.00. The Morgan fingerprint density at radius 3 is 2.75 bits per heavy atom. The maximum absolute atomic E-state index is 11.5. The van der Waals surface area contributed by atoms with Gasteiger partial charge in [0.05, 0.1) is 15.5 Å². The topological polar surface area (TPSA) is 64.3 Å². The summed E-state index contributed by atoms with van der Waals surface area (Å²) in [5.74, 6) is 0.595. The second kappa shape index (κ2) is 8.54. The lowest BCUT2D eigenvalue weighted by Crippen LogP contribution is -2.08. The molecule has 0 unspecified atom stereocenters. The Morgan fingerprint density at radius 2 is 2.20 bits per heavy atom. The first-order valence-electron chi connectivity index (χ1n) is 6.76. The van der Waals surface area contributed by atoms with Crippen LogP contribution in [-0.4, -0.2) is 31.8 Å². The van der Waals surface area contributed by atoms with Crippen LogP contribution in [0.2, 0.25) is 0 Å². The van der Waals surface area contributed by atoms with E-state index in [0.29, 0.717) is 16.5 Å². The standard InChI is InChI=1S/C14H24N2O2S2/c1-9(2)8-18-7-5-6-16-14-13(19-4)11(15)12(20-14)10(3)17/h9,16H,5-8,15H2,1-4H3. The Balaban J connectivity index is 2.47. The van der Waals surface area contributed by atoms with Gasteiger partial charge in [-0.3, -0.25) is 4.79 Å². The summed E-state index contributed by atoms with van der Waals surface area (Å²) in [4.78, 5) is 13.1. The fourth-order valence-corrected chi connectivity index (χ4v) is 3.66. The molecule has 0 atom stereocenters. The molecule has 0 aliphatic rings. The monoisotopic (exact) mass is 316 g/mol. The smallest absolute Gasteiger partial charge is 0.171 e. The Morgan fingerprint density at radius 1 is 1.50 bits per heavy atom. The van der Waals surface area contributed by atoms with Crippen molar-refractivity contribution in [3.8, 4) is 0 Å². The van der Waals surface area contributed by atoms with Crippen molar-refractivity contribution >= 4 is 39.6 Å². The fourth-order valence-electron chi connectivity index (χ4n) is 1.70. The van der Waals surface area contributed by atoms with E-state index in [2.05, 4.69) is 19.2 Å². The summed E-state index contributed by atoms with van der Waals surface area (Å²) in [6, 6.07) is 0. The average molecular weight is 316 g/mol. The summed E-state index contributed by atoms with van der Waals surface area (Å²) in [6.45, 7) is 8.21. The van der Waals surface area contributed by atoms with E-state index in [1.165, 1.54) is 11.3 Å². The minimum atomic E-state index is 0.0242. The lowest BCUT2D eigenvalue weighted by Gasteiger charge is -2.08. The lowest BCUT2D eigenvalue weighted by molar-refractivity contribution is 0.102. The first-order valence-corrected chi connectivity index (χ1v) is 8.80. The number of nitrogens with one attached hydrogen (secondary N) is 1. The number of nitrogens with two attached hydrogens (primary N) is 1. The molecular weight excluding hydrogens is 292 g/mol. The van der Waals surface area contributed by atoms with Crippen LogP contribution in [0, 0.1) is 5.92 Å². The minimum absolute atomic E-state index is 0.0242. The number of hydrogen-bond donors (Lipinski definition) is 2. The van der Waals surface area contributed by atoms with E-state index in [1.807, 2.05) is 6.26 Å². The summed E-state index contributed by atoms with van der Waals surface area (Å²) in [7, 11) is 0. The summed E-state index contributed by atoms with van der Waals surface area (Å²) in [5, 5.41) is 4.34. The number of thioether (sulfide) groups is 1. The molecule has 1 aromatic heterocycles. The zero-order chi connectivity index (χ0) is 15.1. The number of ketones is 1. The van der Waals surface area contributed by atoms with E-state index < -0.39 is 0 Å². The van der Waals surface area contributed by atoms with Crippen LogP contribution in [0.4, 0.5) is 10.7 Å². The maximum Gasteiger partial charge on any atom is 0.171 e. The summed E-state index contributed by atoms with van der Waals surface area (Å²) < 4.78 is 5.54. The van der Waals surface area contributed by atoms with E-state index in [-0.39, 0.29) is 5.78 Å². The van der Waals surface area contributed by atoms with Gasteiger partial charge in [0.1, 0.15) is 5.00 Å². The zero-order valence-electron chi connectivity index (χ0n) is 12.6. The number of hydrogen-bond acceptors (Lipinski definition) is 6. The molecule has 0 aliphatic carbocycles. The molecule has 3 N–H and O–H groups in total. The molecule has 0 saturated heterocycles. The number of carbonyl (C=O) groups excluding carboxylic acids is 1. The highest BCUT2D eigenvalue weighted by Crippen LogP contribution is 2.41. The third-order valence-electron chi connectivity index (χ3n) is 2.63. The van der Waals surface area contributed by atoms with Crippen molar-refractivity contribution in [2.45, 2.75) is 32.1 Å². The van der Waals surface area contributed by atoms with Crippen molar-refractivity contribution in [3.05, 3.63) is 4.88 Å². The number of rotatable bonds is 9. The summed E-state index contributed by atoms with van der Waals surface area (Å²) in [6.07, 6.45) is 2.91. The summed E-state index contributed by atoms with van der Waals surface area (Å²) >= 11 is 3.01.